The van der Waals surface area contributed by atoms with Gasteiger partial charge < -0.3 is 4.74 Å². The summed E-state index contributed by atoms with van der Waals surface area (Å²) in [6, 6.07) is 8.43. The summed E-state index contributed by atoms with van der Waals surface area (Å²) in [5.74, 6) is 1.27. The van der Waals surface area contributed by atoms with Crippen molar-refractivity contribution in [1.29, 1.82) is 0 Å². The Labute approximate surface area is 155 Å². The van der Waals surface area contributed by atoms with Crippen molar-refractivity contribution >= 4 is 22.0 Å². The van der Waals surface area contributed by atoms with Gasteiger partial charge in [-0.15, -0.1) is 0 Å². The predicted octanol–water partition coefficient (Wildman–Crippen LogP) is 6.64. The van der Waals surface area contributed by atoms with Gasteiger partial charge in [-0.2, -0.15) is 0 Å². The minimum absolute atomic E-state index is 0.0753. The van der Waals surface area contributed by atoms with Crippen molar-refractivity contribution in [2.24, 2.45) is 17.3 Å². The third kappa shape index (κ3) is 3.70. The molecule has 0 aliphatic heterocycles. The first kappa shape index (κ1) is 17.9. The summed E-state index contributed by atoms with van der Waals surface area (Å²) in [4.78, 5) is 0. The molecular formula is C22H29BrO. The van der Waals surface area contributed by atoms with E-state index in [4.69, 9.17) is 4.74 Å². The summed E-state index contributed by atoms with van der Waals surface area (Å²) >= 11 is 3.65. The Morgan fingerprint density at radius 2 is 1.96 bits per heavy atom. The average molecular weight is 389 g/mol. The molecule has 130 valence electrons. The van der Waals surface area contributed by atoms with Crippen LogP contribution in [0, 0.1) is 17.3 Å². The van der Waals surface area contributed by atoms with Crippen molar-refractivity contribution in [1.82, 2.24) is 0 Å². The molecule has 0 bridgehead atoms. The fourth-order valence-electron chi connectivity index (χ4n) is 4.40. The van der Waals surface area contributed by atoms with Crippen LogP contribution in [0.4, 0.5) is 0 Å². The second kappa shape index (κ2) is 6.80. The van der Waals surface area contributed by atoms with Crippen LogP contribution in [0.3, 0.4) is 0 Å². The van der Waals surface area contributed by atoms with E-state index in [1.54, 1.807) is 0 Å². The highest BCUT2D eigenvalue weighted by molar-refractivity contribution is 9.10. The van der Waals surface area contributed by atoms with Crippen molar-refractivity contribution in [2.45, 2.75) is 58.7 Å². The first-order valence-corrected chi connectivity index (χ1v) is 9.87. The van der Waals surface area contributed by atoms with Crippen molar-refractivity contribution in [3.05, 3.63) is 52.5 Å². The molecule has 1 aromatic rings. The van der Waals surface area contributed by atoms with Gasteiger partial charge in [-0.25, -0.2) is 0 Å². The zero-order valence-electron chi connectivity index (χ0n) is 15.3. The van der Waals surface area contributed by atoms with Crippen molar-refractivity contribution in [3.63, 3.8) is 0 Å². The average Bonchev–Trinajstić information content (AvgIpc) is 2.82. The molecule has 2 heteroatoms. The highest BCUT2D eigenvalue weighted by Gasteiger charge is 2.50. The molecule has 2 aliphatic rings. The minimum atomic E-state index is -0.0753. The maximum atomic E-state index is 6.42. The van der Waals surface area contributed by atoms with Crippen LogP contribution >= 0.6 is 15.9 Å². The van der Waals surface area contributed by atoms with E-state index >= 15 is 0 Å². The van der Waals surface area contributed by atoms with Gasteiger partial charge in [0.05, 0.1) is 11.7 Å². The second-order valence-electron chi connectivity index (χ2n) is 8.45. The van der Waals surface area contributed by atoms with Gasteiger partial charge in [0.2, 0.25) is 0 Å². The van der Waals surface area contributed by atoms with Crippen LogP contribution < -0.4 is 0 Å². The van der Waals surface area contributed by atoms with Gasteiger partial charge in [-0.3, -0.25) is 0 Å². The molecule has 0 unspecified atom stereocenters. The molecule has 1 aromatic carbocycles. The van der Waals surface area contributed by atoms with Gasteiger partial charge in [0.25, 0.3) is 0 Å². The number of ether oxygens (including phenoxy) is 1. The maximum Gasteiger partial charge on any atom is 0.0673 e. The highest BCUT2D eigenvalue weighted by Crippen LogP contribution is 2.53. The monoisotopic (exact) mass is 388 g/mol. The fourth-order valence-corrected chi connectivity index (χ4v) is 4.82. The lowest BCUT2D eigenvalue weighted by Crippen LogP contribution is -2.40. The Morgan fingerprint density at radius 3 is 2.67 bits per heavy atom. The molecule has 3 rings (SSSR count). The van der Waals surface area contributed by atoms with E-state index in [0.29, 0.717) is 17.9 Å². The Balaban J connectivity index is 1.79. The van der Waals surface area contributed by atoms with Gasteiger partial charge in [-0.05, 0) is 63.5 Å². The second-order valence-corrected chi connectivity index (χ2v) is 9.31. The van der Waals surface area contributed by atoms with E-state index in [2.05, 4.69) is 92.2 Å². The van der Waals surface area contributed by atoms with Crippen LogP contribution in [0.1, 0.15) is 52.5 Å². The molecule has 0 radical (unpaired) electrons. The quantitative estimate of drug-likeness (QED) is 0.527. The third-order valence-electron chi connectivity index (χ3n) is 5.56. The first-order chi connectivity index (χ1) is 11.3. The standard InChI is InChI=1S/C22H29BrO/c1-21(2,3)24-20-14-13-18-16(9-7-15-22(18,20)4)11-12-17-8-5-6-10-19(17)23/h5-8,10-12,15-16,18,20H,9,13-14H2,1-4H3/b12-11+/t16-,18-,20-,22-/m0/s1. The Morgan fingerprint density at radius 1 is 1.21 bits per heavy atom. The first-order valence-electron chi connectivity index (χ1n) is 9.08. The van der Waals surface area contributed by atoms with Crippen LogP contribution in [-0.2, 0) is 4.74 Å². The van der Waals surface area contributed by atoms with Crippen LogP contribution in [0.25, 0.3) is 6.08 Å². The molecule has 4 atom stereocenters. The SMILES string of the molecule is CC(C)(C)O[C@H]1CC[C@H]2[C@H](/C=C/c3ccccc3Br)CC=C[C@]12C. The fraction of sp³-hybridized carbons (Fsp3) is 0.545. The van der Waals surface area contributed by atoms with Crippen LogP contribution in [0.2, 0.25) is 0 Å². The Bertz CT molecular complexity index is 640. The zero-order valence-corrected chi connectivity index (χ0v) is 16.8. The summed E-state index contributed by atoms with van der Waals surface area (Å²) in [6.45, 7) is 8.90. The van der Waals surface area contributed by atoms with Crippen LogP contribution in [0.15, 0.2) is 47.0 Å². The van der Waals surface area contributed by atoms with Gasteiger partial charge in [0, 0.05) is 9.89 Å². The molecule has 24 heavy (non-hydrogen) atoms. The highest BCUT2D eigenvalue weighted by atomic mass is 79.9. The normalized spacial score (nSPS) is 33.1. The van der Waals surface area contributed by atoms with E-state index in [0.717, 1.165) is 10.9 Å². The number of hydrogen-bond acceptors (Lipinski definition) is 1. The van der Waals surface area contributed by atoms with E-state index < -0.39 is 0 Å². The van der Waals surface area contributed by atoms with Gasteiger partial charge in [0.15, 0.2) is 0 Å². The van der Waals surface area contributed by atoms with Gasteiger partial charge in [-0.1, -0.05) is 65.4 Å². The predicted molar refractivity (Wildman–Crippen MR) is 106 cm³/mol. The van der Waals surface area contributed by atoms with Crippen molar-refractivity contribution in [2.75, 3.05) is 0 Å². The summed E-state index contributed by atoms with van der Waals surface area (Å²) < 4.78 is 7.58. The molecule has 1 nitrogen and oxygen atoms in total. The number of halogens is 1. The maximum absolute atomic E-state index is 6.42. The van der Waals surface area contributed by atoms with E-state index in [1.807, 2.05) is 0 Å². The molecule has 0 heterocycles. The molecule has 0 spiro atoms. The number of hydrogen-bond donors (Lipinski definition) is 0. The molecule has 0 aromatic heterocycles. The Kier molecular flexibility index (Phi) is 5.09. The molecule has 0 N–H and O–H groups in total. The van der Waals surface area contributed by atoms with Crippen molar-refractivity contribution < 1.29 is 4.74 Å². The number of rotatable bonds is 3. The summed E-state index contributed by atoms with van der Waals surface area (Å²) in [5, 5.41) is 0. The number of allylic oxidation sites excluding steroid dienone is 2. The molecule has 1 saturated carbocycles. The minimum Gasteiger partial charge on any atom is -0.372 e. The van der Waals surface area contributed by atoms with Gasteiger partial charge >= 0.3 is 0 Å². The Hall–Kier alpha value is -0.860. The van der Waals surface area contributed by atoms with Crippen LogP contribution in [0.5, 0.6) is 0 Å². The number of fused-ring (bicyclic) bond motifs is 1. The lowest BCUT2D eigenvalue weighted by molar-refractivity contribution is -0.0981. The lowest BCUT2D eigenvalue weighted by atomic mass is 9.67. The lowest BCUT2D eigenvalue weighted by Gasteiger charge is -2.42. The smallest absolute Gasteiger partial charge is 0.0673 e. The topological polar surface area (TPSA) is 9.23 Å². The molecule has 2 aliphatic carbocycles. The zero-order chi connectivity index (χ0) is 17.4. The van der Waals surface area contributed by atoms with Crippen LogP contribution in [-0.4, -0.2) is 11.7 Å². The van der Waals surface area contributed by atoms with E-state index in [1.165, 1.54) is 18.4 Å². The summed E-state index contributed by atoms with van der Waals surface area (Å²) in [5.41, 5.74) is 1.34. The molecule has 1 fully saturated rings. The largest absolute Gasteiger partial charge is 0.372 e. The molecule has 0 saturated heterocycles. The van der Waals surface area contributed by atoms with Gasteiger partial charge in [0.1, 0.15) is 0 Å². The van der Waals surface area contributed by atoms with E-state index in [9.17, 15) is 0 Å². The summed E-state index contributed by atoms with van der Waals surface area (Å²) in [6.07, 6.45) is 13.4. The summed E-state index contributed by atoms with van der Waals surface area (Å²) in [7, 11) is 0. The van der Waals surface area contributed by atoms with Crippen molar-refractivity contribution in [3.8, 4) is 0 Å². The molecule has 0 amide bonds. The third-order valence-corrected chi connectivity index (χ3v) is 6.28. The van der Waals surface area contributed by atoms with E-state index in [-0.39, 0.29) is 11.0 Å². The number of benzene rings is 1. The molecular weight excluding hydrogens is 360 g/mol.